The fourth-order valence-corrected chi connectivity index (χ4v) is 7.79. The second kappa shape index (κ2) is 13.4. The smallest absolute Gasteiger partial charge is 0.252 e. The van der Waals surface area contributed by atoms with Crippen molar-refractivity contribution in [3.8, 4) is 0 Å². The highest BCUT2D eigenvalue weighted by molar-refractivity contribution is 8.76. The molecular formula is C30H24N6O2S4. The molecule has 0 bridgehead atoms. The lowest BCUT2D eigenvalue weighted by Gasteiger charge is -2.09. The maximum absolute atomic E-state index is 12.7. The van der Waals surface area contributed by atoms with E-state index in [0.29, 0.717) is 37.1 Å². The van der Waals surface area contributed by atoms with Crippen molar-refractivity contribution in [1.82, 2.24) is 30.6 Å². The zero-order valence-electron chi connectivity index (χ0n) is 22.1. The molecule has 0 aliphatic heterocycles. The van der Waals surface area contributed by atoms with E-state index in [4.69, 9.17) is 0 Å². The second-order valence-electron chi connectivity index (χ2n) is 9.13. The van der Waals surface area contributed by atoms with Gasteiger partial charge >= 0.3 is 0 Å². The zero-order valence-corrected chi connectivity index (χ0v) is 25.4. The summed E-state index contributed by atoms with van der Waals surface area (Å²) in [6.07, 6.45) is 8.19. The molecule has 0 atom stereocenters. The average Bonchev–Trinajstić information content (AvgIpc) is 3.74. The number of pyridine rings is 2. The molecule has 12 heteroatoms. The SMILES string of the molecule is O=C(NCCc1nccs1)c1cnc2c(SSc3cccc4cc(C(=O)NCCc5nccs5)cnc34)cccc2c1. The van der Waals surface area contributed by atoms with Crippen molar-refractivity contribution in [3.63, 3.8) is 0 Å². The molecule has 4 aromatic heterocycles. The Bertz CT molecular complexity index is 1710. The molecule has 8 nitrogen and oxygen atoms in total. The van der Waals surface area contributed by atoms with Crippen LogP contribution >= 0.6 is 44.3 Å². The number of nitrogens with zero attached hydrogens (tertiary/aromatic N) is 4. The summed E-state index contributed by atoms with van der Waals surface area (Å²) in [7, 11) is 3.18. The lowest BCUT2D eigenvalue weighted by Crippen LogP contribution is -2.25. The first-order valence-corrected chi connectivity index (χ1v) is 17.0. The summed E-state index contributed by atoms with van der Waals surface area (Å²) in [5.74, 6) is -0.300. The molecule has 2 N–H and O–H groups in total. The lowest BCUT2D eigenvalue weighted by molar-refractivity contribution is 0.0945. The molecule has 0 aliphatic rings. The number of fused-ring (bicyclic) bond motifs is 2. The Labute approximate surface area is 257 Å². The van der Waals surface area contributed by atoms with Crippen LogP contribution < -0.4 is 10.6 Å². The minimum absolute atomic E-state index is 0.150. The summed E-state index contributed by atoms with van der Waals surface area (Å²) < 4.78 is 0. The van der Waals surface area contributed by atoms with Gasteiger partial charge in [-0.05, 0) is 24.3 Å². The lowest BCUT2D eigenvalue weighted by atomic mass is 10.1. The molecular weight excluding hydrogens is 605 g/mol. The number of carbonyl (C=O) groups excluding carboxylic acids is 2. The first-order valence-electron chi connectivity index (χ1n) is 13.1. The Kier molecular flexibility index (Phi) is 9.04. The Morgan fingerprint density at radius 3 is 1.57 bits per heavy atom. The first-order chi connectivity index (χ1) is 20.6. The maximum Gasteiger partial charge on any atom is 0.252 e. The van der Waals surface area contributed by atoms with Crippen molar-refractivity contribution in [1.29, 1.82) is 0 Å². The van der Waals surface area contributed by atoms with Gasteiger partial charge in [-0.2, -0.15) is 0 Å². The largest absolute Gasteiger partial charge is 0.352 e. The van der Waals surface area contributed by atoms with E-state index >= 15 is 0 Å². The summed E-state index contributed by atoms with van der Waals surface area (Å²) >= 11 is 3.16. The van der Waals surface area contributed by atoms with Gasteiger partial charge in [0.15, 0.2) is 0 Å². The molecule has 4 heterocycles. The topological polar surface area (TPSA) is 110 Å². The Balaban J connectivity index is 1.11. The van der Waals surface area contributed by atoms with Gasteiger partial charge in [0.1, 0.15) is 0 Å². The number of amides is 2. The second-order valence-corrected chi connectivity index (χ2v) is 13.3. The summed E-state index contributed by atoms with van der Waals surface area (Å²) in [4.78, 5) is 45.1. The number of benzene rings is 2. The Hall–Kier alpha value is -3.84. The number of thiazole rings is 2. The van der Waals surface area contributed by atoms with Crippen LogP contribution in [0.4, 0.5) is 0 Å². The van der Waals surface area contributed by atoms with Crippen LogP contribution in [0.15, 0.2) is 93.9 Å². The molecule has 42 heavy (non-hydrogen) atoms. The Morgan fingerprint density at radius 2 is 1.14 bits per heavy atom. The molecule has 2 amide bonds. The monoisotopic (exact) mass is 628 g/mol. The van der Waals surface area contributed by atoms with Crippen molar-refractivity contribution >= 4 is 77.9 Å². The Morgan fingerprint density at radius 1 is 0.667 bits per heavy atom. The summed E-state index contributed by atoms with van der Waals surface area (Å²) in [5, 5.41) is 13.6. The number of aromatic nitrogens is 4. The van der Waals surface area contributed by atoms with Crippen LogP contribution in [0.2, 0.25) is 0 Å². The molecule has 0 unspecified atom stereocenters. The first kappa shape index (κ1) is 28.3. The van der Waals surface area contributed by atoms with E-state index in [0.717, 1.165) is 41.6 Å². The van der Waals surface area contributed by atoms with E-state index in [2.05, 4.69) is 30.6 Å². The van der Waals surface area contributed by atoms with Gasteiger partial charge in [0.25, 0.3) is 11.8 Å². The van der Waals surface area contributed by atoms with E-state index < -0.39 is 0 Å². The normalized spacial score (nSPS) is 11.1. The van der Waals surface area contributed by atoms with Gasteiger partial charge in [0.05, 0.1) is 32.2 Å². The van der Waals surface area contributed by atoms with E-state index in [9.17, 15) is 9.59 Å². The molecule has 0 saturated heterocycles. The third kappa shape index (κ3) is 6.79. The van der Waals surface area contributed by atoms with E-state index in [-0.39, 0.29) is 11.8 Å². The number of nitrogens with one attached hydrogen (secondary N) is 2. The third-order valence-corrected chi connectivity index (χ3v) is 10.4. The molecule has 0 saturated carbocycles. The highest BCUT2D eigenvalue weighted by Crippen LogP contribution is 2.42. The highest BCUT2D eigenvalue weighted by Gasteiger charge is 2.13. The minimum Gasteiger partial charge on any atom is -0.352 e. The number of carbonyl (C=O) groups is 2. The molecule has 0 aliphatic carbocycles. The fourth-order valence-electron chi connectivity index (χ4n) is 4.26. The summed E-state index contributed by atoms with van der Waals surface area (Å²) in [6.45, 7) is 1.05. The van der Waals surface area contributed by atoms with Crippen LogP contribution in [-0.4, -0.2) is 44.8 Å². The quantitative estimate of drug-likeness (QED) is 0.158. The predicted octanol–water partition coefficient (Wildman–Crippen LogP) is 6.44. The highest BCUT2D eigenvalue weighted by atomic mass is 33.1. The number of rotatable bonds is 11. The van der Waals surface area contributed by atoms with E-state index in [1.807, 2.05) is 59.3 Å². The van der Waals surface area contributed by atoms with Crippen LogP contribution in [0.3, 0.4) is 0 Å². The van der Waals surface area contributed by atoms with Gasteiger partial charge < -0.3 is 10.6 Å². The van der Waals surface area contributed by atoms with Crippen molar-refractivity contribution in [2.75, 3.05) is 13.1 Å². The molecule has 6 rings (SSSR count). The van der Waals surface area contributed by atoms with Gasteiger partial charge in [0.2, 0.25) is 0 Å². The fraction of sp³-hybridized carbons (Fsp3) is 0.133. The van der Waals surface area contributed by atoms with Gasteiger partial charge in [-0.25, -0.2) is 9.97 Å². The van der Waals surface area contributed by atoms with Gasteiger partial charge in [0, 0.05) is 82.0 Å². The van der Waals surface area contributed by atoms with Crippen molar-refractivity contribution in [3.05, 3.63) is 105 Å². The van der Waals surface area contributed by atoms with Gasteiger partial charge in [-0.15, -0.1) is 22.7 Å². The minimum atomic E-state index is -0.150. The third-order valence-electron chi connectivity index (χ3n) is 6.31. The molecule has 2 aromatic carbocycles. The van der Waals surface area contributed by atoms with E-state index in [1.165, 1.54) is 0 Å². The molecule has 6 aromatic rings. The molecule has 210 valence electrons. The van der Waals surface area contributed by atoms with Gasteiger partial charge in [-0.3, -0.25) is 19.6 Å². The van der Waals surface area contributed by atoms with Crippen LogP contribution in [0, 0.1) is 0 Å². The van der Waals surface area contributed by atoms with Crippen LogP contribution in [0.5, 0.6) is 0 Å². The standard InChI is InChI=1S/C30H24N6O2S4/c37-29(33-9-7-25-31-11-13-39-25)21-15-19-3-1-5-23(27(19)35-17-21)41-42-24-6-2-4-20-16-22(18-36-28(20)24)30(38)34-10-8-26-32-12-14-40-26/h1-6,11-18H,7-10H2,(H,33,37)(H,34,38). The molecule has 0 radical (unpaired) electrons. The van der Waals surface area contributed by atoms with Crippen LogP contribution in [0.25, 0.3) is 21.8 Å². The number of para-hydroxylation sites is 2. The summed E-state index contributed by atoms with van der Waals surface area (Å²) in [6, 6.07) is 15.7. The maximum atomic E-state index is 12.7. The molecule has 0 spiro atoms. The summed E-state index contributed by atoms with van der Waals surface area (Å²) in [5.41, 5.74) is 2.72. The van der Waals surface area contributed by atoms with Crippen molar-refractivity contribution in [2.45, 2.75) is 22.6 Å². The number of hydrogen-bond donors (Lipinski definition) is 2. The van der Waals surface area contributed by atoms with Crippen LogP contribution in [0.1, 0.15) is 30.7 Å². The average molecular weight is 629 g/mol. The zero-order chi connectivity index (χ0) is 28.7. The van der Waals surface area contributed by atoms with Crippen molar-refractivity contribution < 1.29 is 9.59 Å². The van der Waals surface area contributed by atoms with Crippen LogP contribution in [-0.2, 0) is 12.8 Å². The van der Waals surface area contributed by atoms with E-state index in [1.54, 1.807) is 69.0 Å². The van der Waals surface area contributed by atoms with Gasteiger partial charge in [-0.1, -0.05) is 45.9 Å². The van der Waals surface area contributed by atoms with Crippen molar-refractivity contribution in [2.24, 2.45) is 0 Å². The number of hydrogen-bond acceptors (Lipinski definition) is 10. The predicted molar refractivity (Wildman–Crippen MR) is 172 cm³/mol. The molecule has 0 fully saturated rings.